The van der Waals surface area contributed by atoms with Crippen molar-refractivity contribution in [2.24, 2.45) is 0 Å². The Hall–Kier alpha value is -4.49. The lowest BCUT2D eigenvalue weighted by atomic mass is 10.1. The SMILES string of the molecule is COc1cnc2c(-c3nc4cc(F)c(OCCOC(=O)Nc5cnc(C(C)(C)O)nc5)cc4s3)cc(C)cc2n1. The number of hydrogen-bond acceptors (Lipinski definition) is 11. The van der Waals surface area contributed by atoms with Crippen LogP contribution in [-0.2, 0) is 10.3 Å². The van der Waals surface area contributed by atoms with E-state index in [1.54, 1.807) is 26.1 Å². The molecule has 2 aromatic carbocycles. The Morgan fingerprint density at radius 3 is 2.55 bits per heavy atom. The number of fused-ring (bicyclic) bond motifs is 2. The smallest absolute Gasteiger partial charge is 0.411 e. The molecule has 40 heavy (non-hydrogen) atoms. The van der Waals surface area contributed by atoms with E-state index in [1.807, 2.05) is 19.1 Å². The van der Waals surface area contributed by atoms with Gasteiger partial charge in [0.1, 0.15) is 23.8 Å². The Morgan fingerprint density at radius 2 is 1.82 bits per heavy atom. The number of carbonyl (C=O) groups is 1. The highest BCUT2D eigenvalue weighted by molar-refractivity contribution is 7.21. The summed E-state index contributed by atoms with van der Waals surface area (Å²) in [6.45, 7) is 4.85. The minimum atomic E-state index is -1.20. The molecule has 206 valence electrons. The number of carbonyl (C=O) groups excluding carboxylic acids is 1. The van der Waals surface area contributed by atoms with Crippen LogP contribution in [0.3, 0.4) is 0 Å². The zero-order chi connectivity index (χ0) is 28.4. The van der Waals surface area contributed by atoms with Gasteiger partial charge in [0, 0.05) is 17.7 Å². The largest absolute Gasteiger partial charge is 0.487 e. The monoisotopic (exact) mass is 564 g/mol. The molecular formula is C27H25FN6O5S. The second-order valence-electron chi connectivity index (χ2n) is 9.33. The molecule has 0 saturated carbocycles. The van der Waals surface area contributed by atoms with E-state index in [9.17, 15) is 14.3 Å². The van der Waals surface area contributed by atoms with Crippen LogP contribution >= 0.6 is 11.3 Å². The highest BCUT2D eigenvalue weighted by atomic mass is 32.1. The maximum atomic E-state index is 14.8. The van der Waals surface area contributed by atoms with E-state index < -0.39 is 17.5 Å². The summed E-state index contributed by atoms with van der Waals surface area (Å²) in [6, 6.07) is 6.75. The number of aromatic nitrogens is 5. The number of hydrogen-bond donors (Lipinski definition) is 2. The van der Waals surface area contributed by atoms with Crippen LogP contribution < -0.4 is 14.8 Å². The first-order chi connectivity index (χ1) is 19.1. The number of nitrogens with one attached hydrogen (secondary N) is 1. The Kier molecular flexibility index (Phi) is 7.41. The molecule has 13 heteroatoms. The number of halogens is 1. The van der Waals surface area contributed by atoms with Crippen molar-refractivity contribution in [3.8, 4) is 22.2 Å². The average Bonchev–Trinajstić information content (AvgIpc) is 3.32. The molecule has 3 heterocycles. The summed E-state index contributed by atoms with van der Waals surface area (Å²) in [6.07, 6.45) is 3.51. The first-order valence-corrected chi connectivity index (χ1v) is 13.0. The van der Waals surface area contributed by atoms with Gasteiger partial charge >= 0.3 is 6.09 Å². The van der Waals surface area contributed by atoms with Gasteiger partial charge in [-0.3, -0.25) is 5.32 Å². The molecule has 5 rings (SSSR count). The normalized spacial score (nSPS) is 11.6. The van der Waals surface area contributed by atoms with Crippen molar-refractivity contribution in [3.05, 3.63) is 60.1 Å². The Bertz CT molecular complexity index is 1700. The fourth-order valence-corrected chi connectivity index (χ4v) is 4.81. The number of thiazole rings is 1. The topological polar surface area (TPSA) is 141 Å². The lowest BCUT2D eigenvalue weighted by Crippen LogP contribution is -2.21. The van der Waals surface area contributed by atoms with Gasteiger partial charge in [0.2, 0.25) is 5.88 Å². The van der Waals surface area contributed by atoms with Crippen LogP contribution in [0.15, 0.2) is 42.9 Å². The molecule has 0 spiro atoms. The third kappa shape index (κ3) is 5.90. The number of anilines is 1. The van der Waals surface area contributed by atoms with Crippen LogP contribution in [-0.4, -0.2) is 56.4 Å². The molecule has 0 unspecified atom stereocenters. The molecule has 11 nitrogen and oxygen atoms in total. The third-order valence-electron chi connectivity index (χ3n) is 5.67. The summed E-state index contributed by atoms with van der Waals surface area (Å²) in [5.41, 5.74) is 2.67. The van der Waals surface area contributed by atoms with Crippen molar-refractivity contribution >= 4 is 44.4 Å². The highest BCUT2D eigenvalue weighted by Crippen LogP contribution is 2.37. The van der Waals surface area contributed by atoms with Gasteiger partial charge in [-0.1, -0.05) is 0 Å². The summed E-state index contributed by atoms with van der Waals surface area (Å²) in [4.78, 5) is 33.6. The standard InChI is InChI=1S/C27H25FN6O5S/c1-14-7-16(23-19(8-14)33-22(37-4)13-29-23)24-34-18-9-17(28)20(10-21(18)40-24)38-5-6-39-26(35)32-15-11-30-25(31-12-15)27(2,3)36/h7-13,36H,5-6H2,1-4H3,(H,32,35). The van der Waals surface area contributed by atoms with Gasteiger partial charge in [0.05, 0.1) is 52.6 Å². The van der Waals surface area contributed by atoms with Gasteiger partial charge in [0.15, 0.2) is 17.4 Å². The minimum absolute atomic E-state index is 0.0148. The molecule has 0 saturated heterocycles. The van der Waals surface area contributed by atoms with Crippen molar-refractivity contribution in [3.63, 3.8) is 0 Å². The van der Waals surface area contributed by atoms with Crippen LogP contribution in [0.4, 0.5) is 14.9 Å². The number of nitrogens with zero attached hydrogens (tertiary/aromatic N) is 5. The lowest BCUT2D eigenvalue weighted by molar-refractivity contribution is 0.0687. The van der Waals surface area contributed by atoms with Gasteiger partial charge in [-0.15, -0.1) is 11.3 Å². The Morgan fingerprint density at radius 1 is 1.05 bits per heavy atom. The summed E-state index contributed by atoms with van der Waals surface area (Å²) in [7, 11) is 1.53. The molecule has 3 aromatic heterocycles. The number of methoxy groups -OCH3 is 1. The maximum Gasteiger partial charge on any atom is 0.411 e. The van der Waals surface area contributed by atoms with E-state index in [1.165, 1.54) is 36.9 Å². The summed E-state index contributed by atoms with van der Waals surface area (Å²) in [5.74, 6) is 0.0550. The molecule has 0 fully saturated rings. The number of aryl methyl sites for hydroxylation is 1. The van der Waals surface area contributed by atoms with E-state index in [0.717, 1.165) is 15.8 Å². The van der Waals surface area contributed by atoms with Crippen LogP contribution in [0.25, 0.3) is 31.8 Å². The maximum absolute atomic E-state index is 14.8. The Balaban J connectivity index is 1.24. The van der Waals surface area contributed by atoms with E-state index in [4.69, 9.17) is 14.2 Å². The molecule has 0 aliphatic rings. The fraction of sp³-hybridized carbons (Fsp3) is 0.259. The van der Waals surface area contributed by atoms with Crippen molar-refractivity contribution in [1.29, 1.82) is 0 Å². The number of rotatable bonds is 8. The zero-order valence-corrected chi connectivity index (χ0v) is 22.9. The molecule has 0 bridgehead atoms. The van der Waals surface area contributed by atoms with Crippen molar-refractivity contribution < 1.29 is 28.5 Å². The molecule has 1 amide bonds. The molecule has 0 aliphatic carbocycles. The van der Waals surface area contributed by atoms with E-state index in [2.05, 4.69) is 30.2 Å². The molecule has 0 radical (unpaired) electrons. The van der Waals surface area contributed by atoms with Crippen LogP contribution in [0.1, 0.15) is 25.2 Å². The molecule has 0 aliphatic heterocycles. The number of ether oxygens (including phenoxy) is 3. The first kappa shape index (κ1) is 27.1. The predicted octanol–water partition coefficient (Wildman–Crippen LogP) is 5.01. The molecular weight excluding hydrogens is 539 g/mol. The van der Waals surface area contributed by atoms with Gasteiger partial charge in [0.25, 0.3) is 0 Å². The quantitative estimate of drug-likeness (QED) is 0.247. The molecule has 5 aromatic rings. The molecule has 0 atom stereocenters. The highest BCUT2D eigenvalue weighted by Gasteiger charge is 2.19. The zero-order valence-electron chi connectivity index (χ0n) is 22.1. The van der Waals surface area contributed by atoms with Gasteiger partial charge < -0.3 is 19.3 Å². The average molecular weight is 565 g/mol. The Labute approximate surface area is 232 Å². The predicted molar refractivity (Wildman–Crippen MR) is 147 cm³/mol. The first-order valence-electron chi connectivity index (χ1n) is 12.1. The number of amides is 1. The van der Waals surface area contributed by atoms with Gasteiger partial charge in [-0.05, 0) is 38.5 Å². The second kappa shape index (κ2) is 10.9. The fourth-order valence-electron chi connectivity index (χ4n) is 3.81. The lowest BCUT2D eigenvalue weighted by Gasteiger charge is -2.15. The van der Waals surface area contributed by atoms with Gasteiger partial charge in [-0.25, -0.2) is 34.1 Å². The molecule has 2 N–H and O–H groups in total. The van der Waals surface area contributed by atoms with Crippen LogP contribution in [0, 0.1) is 12.7 Å². The van der Waals surface area contributed by atoms with Gasteiger partial charge in [-0.2, -0.15) is 0 Å². The minimum Gasteiger partial charge on any atom is -0.487 e. The summed E-state index contributed by atoms with van der Waals surface area (Å²) < 4.78 is 31.3. The van der Waals surface area contributed by atoms with Crippen LogP contribution in [0.5, 0.6) is 11.6 Å². The van der Waals surface area contributed by atoms with Crippen LogP contribution in [0.2, 0.25) is 0 Å². The van der Waals surface area contributed by atoms with Crippen molar-refractivity contribution in [2.45, 2.75) is 26.4 Å². The summed E-state index contributed by atoms with van der Waals surface area (Å²) >= 11 is 1.37. The second-order valence-corrected chi connectivity index (χ2v) is 10.4. The van der Waals surface area contributed by atoms with Crippen molar-refractivity contribution in [1.82, 2.24) is 24.9 Å². The third-order valence-corrected chi connectivity index (χ3v) is 6.72. The van der Waals surface area contributed by atoms with E-state index in [-0.39, 0.29) is 24.8 Å². The van der Waals surface area contributed by atoms with E-state index in [0.29, 0.717) is 33.1 Å². The van der Waals surface area contributed by atoms with Crippen molar-refractivity contribution in [2.75, 3.05) is 25.6 Å². The van der Waals surface area contributed by atoms with E-state index >= 15 is 0 Å². The summed E-state index contributed by atoms with van der Waals surface area (Å²) in [5, 5.41) is 13.0. The number of benzene rings is 2. The number of aliphatic hydroxyl groups is 1.